The molecule has 0 saturated carbocycles. The molecule has 4 heterocycles. The predicted molar refractivity (Wildman–Crippen MR) is 95.3 cm³/mol. The van der Waals surface area contributed by atoms with Crippen LogP contribution in [0.15, 0.2) is 16.6 Å². The van der Waals surface area contributed by atoms with Crippen LogP contribution in [0.2, 0.25) is 0 Å². The van der Waals surface area contributed by atoms with Gasteiger partial charge in [0.1, 0.15) is 5.60 Å². The first-order valence-electron chi connectivity index (χ1n) is 9.50. The topological polar surface area (TPSA) is 88.8 Å². The molecule has 0 N–H and O–H groups in total. The van der Waals surface area contributed by atoms with E-state index in [1.54, 1.807) is 18.9 Å². The summed E-state index contributed by atoms with van der Waals surface area (Å²) in [6.07, 6.45) is 4.52. The van der Waals surface area contributed by atoms with E-state index in [-0.39, 0.29) is 24.5 Å². The summed E-state index contributed by atoms with van der Waals surface area (Å²) in [4.78, 5) is 29.6. The van der Waals surface area contributed by atoms with Gasteiger partial charge in [0.15, 0.2) is 0 Å². The molecule has 1 aromatic heterocycles. The number of carbonyl (C=O) groups excluding carboxylic acids is 2. The van der Waals surface area contributed by atoms with Crippen LogP contribution in [0.3, 0.4) is 0 Å². The molecule has 8 heteroatoms. The minimum Gasteiger partial charge on any atom is -0.424 e. The molecule has 0 aliphatic carbocycles. The second-order valence-corrected chi connectivity index (χ2v) is 8.25. The quantitative estimate of drug-likeness (QED) is 0.695. The highest BCUT2D eigenvalue weighted by Crippen LogP contribution is 2.52. The van der Waals surface area contributed by atoms with Gasteiger partial charge in [-0.1, -0.05) is 26.0 Å². The number of hydrogen-bond acceptors (Lipinski definition) is 6. The fourth-order valence-electron chi connectivity index (χ4n) is 4.40. The third-order valence-electron chi connectivity index (χ3n) is 5.76. The predicted octanol–water partition coefficient (Wildman–Crippen LogP) is 1.16. The molecule has 2 saturated heterocycles. The van der Waals surface area contributed by atoms with Crippen LogP contribution < -0.4 is 0 Å². The van der Waals surface area contributed by atoms with E-state index in [0.29, 0.717) is 30.8 Å². The van der Waals surface area contributed by atoms with Gasteiger partial charge in [-0.15, -0.1) is 10.2 Å². The van der Waals surface area contributed by atoms with Crippen LogP contribution in [0.4, 0.5) is 0 Å². The maximum Gasteiger partial charge on any atom is 0.235 e. The Morgan fingerprint density at radius 2 is 2.22 bits per heavy atom. The zero-order valence-electron chi connectivity index (χ0n) is 16.2. The summed E-state index contributed by atoms with van der Waals surface area (Å²) in [5, 5.41) is 7.74. The van der Waals surface area contributed by atoms with E-state index in [4.69, 9.17) is 9.15 Å². The van der Waals surface area contributed by atoms with Gasteiger partial charge in [-0.25, -0.2) is 0 Å². The van der Waals surface area contributed by atoms with E-state index in [2.05, 4.69) is 24.0 Å². The van der Waals surface area contributed by atoms with Gasteiger partial charge < -0.3 is 19.0 Å². The number of fused-ring (bicyclic) bond motifs is 1. The fourth-order valence-corrected chi connectivity index (χ4v) is 4.40. The molecule has 1 spiro atoms. The molecule has 1 aromatic rings. The monoisotopic (exact) mass is 374 g/mol. The van der Waals surface area contributed by atoms with Crippen molar-refractivity contribution in [3.63, 3.8) is 0 Å². The van der Waals surface area contributed by atoms with Crippen molar-refractivity contribution in [2.75, 3.05) is 20.1 Å². The van der Waals surface area contributed by atoms with Crippen LogP contribution in [0, 0.1) is 24.7 Å². The van der Waals surface area contributed by atoms with E-state index < -0.39 is 17.4 Å². The van der Waals surface area contributed by atoms with Crippen molar-refractivity contribution in [1.29, 1.82) is 0 Å². The van der Waals surface area contributed by atoms with Crippen LogP contribution in [-0.4, -0.2) is 63.7 Å². The van der Waals surface area contributed by atoms with Crippen LogP contribution in [0.1, 0.15) is 32.0 Å². The van der Waals surface area contributed by atoms with Gasteiger partial charge in [-0.2, -0.15) is 0 Å². The number of hydrogen-bond donors (Lipinski definition) is 0. The summed E-state index contributed by atoms with van der Waals surface area (Å²) in [7, 11) is 1.69. The van der Waals surface area contributed by atoms with E-state index in [9.17, 15) is 9.59 Å². The Labute approximate surface area is 158 Å². The first-order chi connectivity index (χ1) is 12.8. The van der Waals surface area contributed by atoms with Crippen molar-refractivity contribution in [1.82, 2.24) is 20.0 Å². The molecule has 2 bridgehead atoms. The Hall–Kier alpha value is -2.22. The lowest BCUT2D eigenvalue weighted by Gasteiger charge is -2.27. The number of rotatable bonds is 6. The Kier molecular flexibility index (Phi) is 4.33. The number of carbonyl (C=O) groups is 2. The summed E-state index contributed by atoms with van der Waals surface area (Å²) in [5.74, 6) is 0.329. The maximum atomic E-state index is 13.2. The molecule has 0 aromatic carbocycles. The van der Waals surface area contributed by atoms with E-state index in [1.165, 1.54) is 0 Å². The van der Waals surface area contributed by atoms with Crippen LogP contribution in [-0.2, 0) is 20.9 Å². The van der Waals surface area contributed by atoms with Crippen molar-refractivity contribution >= 4 is 11.8 Å². The largest absolute Gasteiger partial charge is 0.424 e. The van der Waals surface area contributed by atoms with Gasteiger partial charge in [0.05, 0.1) is 31.0 Å². The average molecular weight is 374 g/mol. The molecule has 3 aliphatic rings. The van der Waals surface area contributed by atoms with Gasteiger partial charge in [0, 0.05) is 20.5 Å². The van der Waals surface area contributed by atoms with E-state index >= 15 is 0 Å². The first-order valence-corrected chi connectivity index (χ1v) is 9.50. The smallest absolute Gasteiger partial charge is 0.235 e. The van der Waals surface area contributed by atoms with Crippen molar-refractivity contribution in [3.05, 3.63) is 23.9 Å². The zero-order chi connectivity index (χ0) is 19.3. The minimum atomic E-state index is -0.652. The maximum absolute atomic E-state index is 13.2. The molecule has 2 fully saturated rings. The Morgan fingerprint density at radius 3 is 2.89 bits per heavy atom. The zero-order valence-corrected chi connectivity index (χ0v) is 16.2. The molecular formula is C19H26N4O4. The lowest BCUT2D eigenvalue weighted by Crippen LogP contribution is -2.44. The normalized spacial score (nSPS) is 31.2. The molecule has 146 valence electrons. The van der Waals surface area contributed by atoms with Gasteiger partial charge >= 0.3 is 0 Å². The summed E-state index contributed by atoms with van der Waals surface area (Å²) in [6, 6.07) is 0. The number of likely N-dealkylation sites (tertiary alicyclic amines) is 1. The highest BCUT2D eigenvalue weighted by molar-refractivity contribution is 5.92. The SMILES string of the molecule is Cc1nnc(CN(C)C(=O)C2C3C(=O)N(CCC(C)C)C[C@]34C=C[C@H]2O4)o1. The number of amides is 2. The van der Waals surface area contributed by atoms with Gasteiger partial charge in [-0.3, -0.25) is 9.59 Å². The molecular weight excluding hydrogens is 348 g/mol. The molecule has 2 amide bonds. The van der Waals surface area contributed by atoms with Crippen molar-refractivity contribution in [2.24, 2.45) is 17.8 Å². The number of nitrogens with zero attached hydrogens (tertiary/aromatic N) is 4. The summed E-state index contributed by atoms with van der Waals surface area (Å²) in [5.41, 5.74) is -0.652. The second kappa shape index (κ2) is 6.44. The molecule has 4 atom stereocenters. The molecule has 27 heavy (non-hydrogen) atoms. The van der Waals surface area contributed by atoms with Gasteiger partial charge in [-0.05, 0) is 12.3 Å². The average Bonchev–Trinajstić information content (AvgIpc) is 3.34. The van der Waals surface area contributed by atoms with Crippen LogP contribution >= 0.6 is 0 Å². The third kappa shape index (κ3) is 2.96. The molecule has 0 radical (unpaired) electrons. The van der Waals surface area contributed by atoms with E-state index in [1.807, 2.05) is 17.1 Å². The Morgan fingerprint density at radius 1 is 1.44 bits per heavy atom. The first kappa shape index (κ1) is 18.2. The number of aryl methyl sites for hydroxylation is 1. The Bertz CT molecular complexity index is 788. The lowest BCUT2D eigenvalue weighted by molar-refractivity contribution is -0.143. The highest BCUT2D eigenvalue weighted by atomic mass is 16.5. The van der Waals surface area contributed by atoms with Crippen LogP contribution in [0.5, 0.6) is 0 Å². The van der Waals surface area contributed by atoms with Gasteiger partial charge in [0.2, 0.25) is 23.6 Å². The third-order valence-corrected chi connectivity index (χ3v) is 5.76. The van der Waals surface area contributed by atoms with Crippen molar-refractivity contribution in [2.45, 2.75) is 45.4 Å². The fraction of sp³-hybridized carbons (Fsp3) is 0.684. The van der Waals surface area contributed by atoms with Crippen molar-refractivity contribution < 1.29 is 18.7 Å². The minimum absolute atomic E-state index is 0.0304. The van der Waals surface area contributed by atoms with E-state index in [0.717, 1.165) is 6.42 Å². The number of ether oxygens (including phenoxy) is 1. The number of aromatic nitrogens is 2. The molecule has 3 aliphatic heterocycles. The standard InChI is InChI=1S/C19H26N4O4/c1-11(2)6-8-23-10-19-7-5-13(27-19)15(16(19)18(23)25)17(24)22(4)9-14-21-20-12(3)26-14/h5,7,11,13,15-16H,6,8-10H2,1-4H3/t13-,15?,16?,19-/m1/s1. The second-order valence-electron chi connectivity index (χ2n) is 8.25. The summed E-state index contributed by atoms with van der Waals surface area (Å²) >= 11 is 0. The van der Waals surface area contributed by atoms with Crippen LogP contribution in [0.25, 0.3) is 0 Å². The lowest BCUT2D eigenvalue weighted by atomic mass is 9.76. The summed E-state index contributed by atoms with van der Waals surface area (Å²) < 4.78 is 11.5. The summed E-state index contributed by atoms with van der Waals surface area (Å²) in [6.45, 7) is 7.45. The van der Waals surface area contributed by atoms with Gasteiger partial charge in [0.25, 0.3) is 0 Å². The Balaban J connectivity index is 1.51. The van der Waals surface area contributed by atoms with Crippen molar-refractivity contribution in [3.8, 4) is 0 Å². The molecule has 4 rings (SSSR count). The highest BCUT2D eigenvalue weighted by Gasteiger charge is 2.66. The molecule has 2 unspecified atom stereocenters. The molecule has 8 nitrogen and oxygen atoms in total.